The molecule has 0 atom stereocenters. The van der Waals surface area contributed by atoms with Gasteiger partial charge in [-0.2, -0.15) is 0 Å². The number of benzene rings is 1. The Kier molecular flexibility index (Phi) is 7.39. The number of nitrogens with zero attached hydrogens (tertiary/aromatic N) is 1. The Balaban J connectivity index is 2.64. The monoisotopic (exact) mass is 262 g/mol. The minimum atomic E-state index is 0.620. The summed E-state index contributed by atoms with van der Waals surface area (Å²) in [6, 6.07) is 9.50. The fourth-order valence-electron chi connectivity index (χ4n) is 2.58. The fourth-order valence-corrected chi connectivity index (χ4v) is 2.58. The zero-order chi connectivity index (χ0) is 14.1. The Hall–Kier alpha value is -1.18. The van der Waals surface area contributed by atoms with Crippen molar-refractivity contribution in [3.05, 3.63) is 24.3 Å². The predicted octanol–water partition coefficient (Wildman–Crippen LogP) is 4.91. The lowest BCUT2D eigenvalue weighted by Gasteiger charge is -2.22. The normalized spacial score (nSPS) is 10.8. The molecule has 108 valence electrons. The zero-order valence-electron chi connectivity index (χ0n) is 13.1. The lowest BCUT2D eigenvalue weighted by atomic mass is 10.1. The fraction of sp³-hybridized carbons (Fsp3) is 0.647. The van der Waals surface area contributed by atoms with Crippen LogP contribution in [-0.4, -0.2) is 19.1 Å². The van der Waals surface area contributed by atoms with Gasteiger partial charge < -0.3 is 10.2 Å². The Morgan fingerprint density at radius 3 is 1.84 bits per heavy atom. The molecule has 1 aromatic rings. The summed E-state index contributed by atoms with van der Waals surface area (Å²) in [6.45, 7) is 11.1. The largest absolute Gasteiger partial charge is 0.382 e. The van der Waals surface area contributed by atoms with Crippen molar-refractivity contribution in [1.82, 2.24) is 0 Å². The molecule has 0 heterocycles. The van der Waals surface area contributed by atoms with Crippen molar-refractivity contribution in [2.45, 2.75) is 59.4 Å². The summed E-state index contributed by atoms with van der Waals surface area (Å²) < 4.78 is 0. The molecule has 0 aliphatic carbocycles. The SMILES string of the molecule is CCCC(CCC)Nc1ccc(N(CC)CC)cc1. The molecule has 0 saturated carbocycles. The van der Waals surface area contributed by atoms with E-state index in [0.717, 1.165) is 13.1 Å². The van der Waals surface area contributed by atoms with Crippen LogP contribution < -0.4 is 10.2 Å². The molecule has 1 rings (SSSR count). The number of hydrogen-bond acceptors (Lipinski definition) is 2. The second-order valence-corrected chi connectivity index (χ2v) is 5.14. The molecule has 1 aromatic carbocycles. The van der Waals surface area contributed by atoms with Crippen molar-refractivity contribution in [3.8, 4) is 0 Å². The lowest BCUT2D eigenvalue weighted by molar-refractivity contribution is 0.586. The zero-order valence-corrected chi connectivity index (χ0v) is 13.1. The summed E-state index contributed by atoms with van der Waals surface area (Å²) in [5, 5.41) is 3.66. The molecule has 0 unspecified atom stereocenters. The second-order valence-electron chi connectivity index (χ2n) is 5.14. The van der Waals surface area contributed by atoms with Crippen LogP contribution >= 0.6 is 0 Å². The molecule has 0 amide bonds. The molecule has 2 heteroatoms. The van der Waals surface area contributed by atoms with Gasteiger partial charge in [0, 0.05) is 30.5 Å². The summed E-state index contributed by atoms with van der Waals surface area (Å²) in [6.07, 6.45) is 5.00. The minimum absolute atomic E-state index is 0.620. The summed E-state index contributed by atoms with van der Waals surface area (Å²) >= 11 is 0. The number of nitrogens with one attached hydrogen (secondary N) is 1. The number of anilines is 2. The van der Waals surface area contributed by atoms with E-state index in [1.165, 1.54) is 37.1 Å². The number of rotatable bonds is 9. The van der Waals surface area contributed by atoms with Crippen LogP contribution in [0.3, 0.4) is 0 Å². The van der Waals surface area contributed by atoms with E-state index < -0.39 is 0 Å². The van der Waals surface area contributed by atoms with E-state index in [1.807, 2.05) is 0 Å². The van der Waals surface area contributed by atoms with Crippen molar-refractivity contribution in [3.63, 3.8) is 0 Å². The third kappa shape index (κ3) is 5.14. The molecule has 1 N–H and O–H groups in total. The van der Waals surface area contributed by atoms with Gasteiger partial charge in [-0.25, -0.2) is 0 Å². The van der Waals surface area contributed by atoms with Gasteiger partial charge in [0.2, 0.25) is 0 Å². The van der Waals surface area contributed by atoms with Gasteiger partial charge in [-0.15, -0.1) is 0 Å². The molecule has 0 aliphatic rings. The van der Waals surface area contributed by atoms with Gasteiger partial charge in [0.1, 0.15) is 0 Å². The molecule has 0 spiro atoms. The molecule has 0 aromatic heterocycles. The Bertz CT molecular complexity index is 322. The average Bonchev–Trinajstić information content (AvgIpc) is 2.42. The highest BCUT2D eigenvalue weighted by molar-refractivity contribution is 5.55. The van der Waals surface area contributed by atoms with Crippen molar-refractivity contribution in [2.24, 2.45) is 0 Å². The van der Waals surface area contributed by atoms with Gasteiger partial charge in [0.15, 0.2) is 0 Å². The van der Waals surface area contributed by atoms with Crippen LogP contribution in [0, 0.1) is 0 Å². The van der Waals surface area contributed by atoms with E-state index in [9.17, 15) is 0 Å². The van der Waals surface area contributed by atoms with E-state index in [4.69, 9.17) is 0 Å². The van der Waals surface area contributed by atoms with Crippen LogP contribution in [0.4, 0.5) is 11.4 Å². The molecule has 0 aliphatic heterocycles. The van der Waals surface area contributed by atoms with E-state index in [1.54, 1.807) is 0 Å². The molecule has 0 bridgehead atoms. The van der Waals surface area contributed by atoms with E-state index in [-0.39, 0.29) is 0 Å². The van der Waals surface area contributed by atoms with Gasteiger partial charge in [-0.05, 0) is 51.0 Å². The molecule has 0 radical (unpaired) electrons. The van der Waals surface area contributed by atoms with Crippen LogP contribution in [0.1, 0.15) is 53.4 Å². The first-order valence-electron chi connectivity index (χ1n) is 7.86. The standard InChI is InChI=1S/C17H30N2/c1-5-9-15(10-6-2)18-16-11-13-17(14-12-16)19(7-3)8-4/h11-15,18H,5-10H2,1-4H3. The molecule has 2 nitrogen and oxygen atoms in total. The van der Waals surface area contributed by atoms with E-state index >= 15 is 0 Å². The average molecular weight is 262 g/mol. The van der Waals surface area contributed by atoms with Crippen LogP contribution in [0.25, 0.3) is 0 Å². The third-order valence-corrected chi connectivity index (χ3v) is 3.64. The van der Waals surface area contributed by atoms with Crippen LogP contribution in [-0.2, 0) is 0 Å². The highest BCUT2D eigenvalue weighted by Crippen LogP contribution is 2.20. The van der Waals surface area contributed by atoms with Gasteiger partial charge >= 0.3 is 0 Å². The Morgan fingerprint density at radius 2 is 1.42 bits per heavy atom. The quantitative estimate of drug-likeness (QED) is 0.680. The second kappa shape index (κ2) is 8.84. The Morgan fingerprint density at radius 1 is 0.895 bits per heavy atom. The Labute approximate surface area is 119 Å². The van der Waals surface area contributed by atoms with Gasteiger partial charge in [0.25, 0.3) is 0 Å². The van der Waals surface area contributed by atoms with E-state index in [0.29, 0.717) is 6.04 Å². The highest BCUT2D eigenvalue weighted by atomic mass is 15.1. The maximum Gasteiger partial charge on any atom is 0.0367 e. The van der Waals surface area contributed by atoms with Gasteiger partial charge in [-0.1, -0.05) is 26.7 Å². The third-order valence-electron chi connectivity index (χ3n) is 3.64. The predicted molar refractivity (Wildman–Crippen MR) is 87.2 cm³/mol. The van der Waals surface area contributed by atoms with Crippen LogP contribution in [0.15, 0.2) is 24.3 Å². The van der Waals surface area contributed by atoms with Crippen LogP contribution in [0.2, 0.25) is 0 Å². The maximum absolute atomic E-state index is 3.66. The van der Waals surface area contributed by atoms with Crippen molar-refractivity contribution in [2.75, 3.05) is 23.3 Å². The molecule has 0 fully saturated rings. The summed E-state index contributed by atoms with van der Waals surface area (Å²) in [4.78, 5) is 2.37. The molecular formula is C17H30N2. The first-order chi connectivity index (χ1) is 9.24. The highest BCUT2D eigenvalue weighted by Gasteiger charge is 2.07. The first kappa shape index (κ1) is 15.9. The van der Waals surface area contributed by atoms with Gasteiger partial charge in [0.05, 0.1) is 0 Å². The number of hydrogen-bond donors (Lipinski definition) is 1. The summed E-state index contributed by atoms with van der Waals surface area (Å²) in [5.74, 6) is 0. The van der Waals surface area contributed by atoms with Crippen molar-refractivity contribution >= 4 is 11.4 Å². The molecule has 19 heavy (non-hydrogen) atoms. The maximum atomic E-state index is 3.66. The topological polar surface area (TPSA) is 15.3 Å². The lowest BCUT2D eigenvalue weighted by Crippen LogP contribution is -2.22. The molecule has 0 saturated heterocycles. The first-order valence-corrected chi connectivity index (χ1v) is 7.86. The van der Waals surface area contributed by atoms with Crippen molar-refractivity contribution < 1.29 is 0 Å². The summed E-state index contributed by atoms with van der Waals surface area (Å²) in [7, 11) is 0. The smallest absolute Gasteiger partial charge is 0.0367 e. The molecular weight excluding hydrogens is 232 g/mol. The van der Waals surface area contributed by atoms with Gasteiger partial charge in [-0.3, -0.25) is 0 Å². The van der Waals surface area contributed by atoms with Crippen LogP contribution in [0.5, 0.6) is 0 Å². The minimum Gasteiger partial charge on any atom is -0.382 e. The van der Waals surface area contributed by atoms with Crippen molar-refractivity contribution in [1.29, 1.82) is 0 Å². The van der Waals surface area contributed by atoms with E-state index in [2.05, 4.69) is 62.2 Å². The summed E-state index contributed by atoms with van der Waals surface area (Å²) in [5.41, 5.74) is 2.57.